The van der Waals surface area contributed by atoms with Gasteiger partial charge in [0.2, 0.25) is 0 Å². The summed E-state index contributed by atoms with van der Waals surface area (Å²) in [7, 11) is -2.81. The van der Waals surface area contributed by atoms with E-state index in [0.29, 0.717) is 0 Å². The highest BCUT2D eigenvalue weighted by Gasteiger charge is 2.22. The van der Waals surface area contributed by atoms with Gasteiger partial charge in [-0.3, -0.25) is 0 Å². The summed E-state index contributed by atoms with van der Waals surface area (Å²) >= 11 is 3.60. The number of hydrogen-bond donors (Lipinski definition) is 0. The van der Waals surface area contributed by atoms with Crippen LogP contribution in [0.25, 0.3) is 85.4 Å². The Balaban J connectivity index is 1.16. The molecule has 2 nitrogen and oxygen atoms in total. The Morgan fingerprint density at radius 3 is 1.27 bits per heavy atom. The molecule has 9 rings (SSSR count). The predicted molar refractivity (Wildman–Crippen MR) is 254 cm³/mol. The molecule has 0 amide bonds. The fourth-order valence-corrected chi connectivity index (χ4v) is 12.4. The van der Waals surface area contributed by atoms with Crippen molar-refractivity contribution in [1.82, 2.24) is 9.97 Å². The molecule has 0 bridgehead atoms. The molecule has 0 saturated carbocycles. The number of aromatic nitrogens is 2. The number of fused-ring (bicyclic) bond motifs is 4. The number of nitrogens with zero attached hydrogens (tertiary/aromatic N) is 2. The van der Waals surface area contributed by atoms with Gasteiger partial charge >= 0.3 is 0 Å². The number of hydrogen-bond acceptors (Lipinski definition) is 4. The minimum atomic E-state index is -1.40. The summed E-state index contributed by atoms with van der Waals surface area (Å²) in [6.45, 7) is 21.4. The first-order chi connectivity index (χ1) is 26.6. The van der Waals surface area contributed by atoms with Gasteiger partial charge in [0.05, 0.1) is 36.6 Å². The maximum atomic E-state index is 5.07. The summed E-state index contributed by atoms with van der Waals surface area (Å²) in [6.07, 6.45) is 0. The van der Waals surface area contributed by atoms with E-state index in [1.165, 1.54) is 69.1 Å². The summed E-state index contributed by atoms with van der Waals surface area (Å²) in [4.78, 5) is 10.1. The first kappa shape index (κ1) is 36.9. The molecule has 278 valence electrons. The van der Waals surface area contributed by atoms with Gasteiger partial charge < -0.3 is 0 Å². The smallest absolute Gasteiger partial charge is 0.124 e. The van der Waals surface area contributed by atoms with Gasteiger partial charge in [0.1, 0.15) is 10.0 Å². The summed E-state index contributed by atoms with van der Waals surface area (Å²) in [5.74, 6) is 0. The molecule has 2 heterocycles. The van der Waals surface area contributed by atoms with E-state index in [4.69, 9.17) is 9.97 Å². The normalized spacial score (nSPS) is 12.7. The van der Waals surface area contributed by atoms with Crippen molar-refractivity contribution < 1.29 is 0 Å². The molecule has 0 N–H and O–H groups in total. The van der Waals surface area contributed by atoms with E-state index < -0.39 is 16.1 Å². The van der Waals surface area contributed by atoms with Gasteiger partial charge in [0, 0.05) is 11.1 Å². The van der Waals surface area contributed by atoms with E-state index in [1.807, 2.05) is 0 Å². The molecule has 0 atom stereocenters. The quantitative estimate of drug-likeness (QED) is 0.124. The van der Waals surface area contributed by atoms with Crippen LogP contribution in [0.5, 0.6) is 0 Å². The third kappa shape index (κ3) is 6.66. The van der Waals surface area contributed by atoms with Crippen LogP contribution in [0.2, 0.25) is 39.3 Å². The Morgan fingerprint density at radius 2 is 0.839 bits per heavy atom. The van der Waals surface area contributed by atoms with Crippen LogP contribution in [0.4, 0.5) is 0 Å². The van der Waals surface area contributed by atoms with E-state index >= 15 is 0 Å². The maximum Gasteiger partial charge on any atom is 0.124 e. The van der Waals surface area contributed by atoms with E-state index in [-0.39, 0.29) is 5.41 Å². The maximum absolute atomic E-state index is 5.07. The molecule has 56 heavy (non-hydrogen) atoms. The molecule has 0 saturated heterocycles. The Labute approximate surface area is 341 Å². The monoisotopic (exact) mass is 796 g/mol. The van der Waals surface area contributed by atoms with Crippen LogP contribution in [0, 0.1) is 0 Å². The zero-order valence-electron chi connectivity index (χ0n) is 33.8. The van der Waals surface area contributed by atoms with Crippen molar-refractivity contribution in [2.75, 3.05) is 0 Å². The molecule has 0 spiro atoms. The van der Waals surface area contributed by atoms with Gasteiger partial charge in [0.25, 0.3) is 0 Å². The van der Waals surface area contributed by atoms with Crippen molar-refractivity contribution in [3.05, 3.63) is 133 Å². The fourth-order valence-electron chi connectivity index (χ4n) is 7.86. The van der Waals surface area contributed by atoms with Gasteiger partial charge in [-0.2, -0.15) is 0 Å². The van der Waals surface area contributed by atoms with Crippen molar-refractivity contribution in [1.29, 1.82) is 0 Å². The van der Waals surface area contributed by atoms with E-state index in [1.54, 1.807) is 22.7 Å². The summed E-state index contributed by atoms with van der Waals surface area (Å²) in [6, 6.07) is 48.1. The van der Waals surface area contributed by atoms with Crippen molar-refractivity contribution in [2.24, 2.45) is 0 Å². The number of rotatable bonds is 6. The lowest BCUT2D eigenvalue weighted by Gasteiger charge is -2.23. The van der Waals surface area contributed by atoms with Crippen molar-refractivity contribution >= 4 is 91.2 Å². The van der Waals surface area contributed by atoms with E-state index in [2.05, 4.69) is 187 Å². The van der Waals surface area contributed by atoms with Crippen LogP contribution in [-0.2, 0) is 5.41 Å². The van der Waals surface area contributed by atoms with Gasteiger partial charge in [-0.05, 0) is 85.1 Å². The number of thiazole rings is 2. The summed E-state index contributed by atoms with van der Waals surface area (Å²) in [5.41, 5.74) is 10.8. The van der Waals surface area contributed by atoms with Crippen LogP contribution in [-0.4, -0.2) is 26.1 Å². The van der Waals surface area contributed by atoms with Crippen LogP contribution in [0.1, 0.15) is 26.3 Å². The van der Waals surface area contributed by atoms with Crippen LogP contribution < -0.4 is 10.4 Å². The van der Waals surface area contributed by atoms with E-state index in [9.17, 15) is 0 Å². The molecular weight excluding hydrogens is 749 g/mol. The largest absolute Gasteiger partial charge is 0.236 e. The van der Waals surface area contributed by atoms with Crippen molar-refractivity contribution in [3.63, 3.8) is 0 Å². The fraction of sp³-hybridized carbons (Fsp3) is 0.200. The topological polar surface area (TPSA) is 25.8 Å². The lowest BCUT2D eigenvalue weighted by atomic mass is 9.81. The lowest BCUT2D eigenvalue weighted by molar-refractivity contribution is 0.591. The summed E-state index contributed by atoms with van der Waals surface area (Å²) in [5, 5.41) is 10.2. The average molecular weight is 797 g/mol. The van der Waals surface area contributed by atoms with Gasteiger partial charge in [-0.25, -0.2) is 9.97 Å². The number of benzene rings is 7. The minimum Gasteiger partial charge on any atom is -0.236 e. The minimum absolute atomic E-state index is 0.0120. The molecule has 6 heteroatoms. The summed E-state index contributed by atoms with van der Waals surface area (Å²) < 4.78 is 2.55. The molecule has 2 aromatic heterocycles. The highest BCUT2D eigenvalue weighted by Crippen LogP contribution is 2.46. The average Bonchev–Trinajstić information content (AvgIpc) is 3.80. The third-order valence-electron chi connectivity index (χ3n) is 11.2. The Kier molecular flexibility index (Phi) is 8.86. The molecule has 7 aromatic carbocycles. The molecule has 0 aliphatic heterocycles. The van der Waals surface area contributed by atoms with Crippen LogP contribution in [0.15, 0.2) is 127 Å². The Hall–Kier alpha value is -4.73. The lowest BCUT2D eigenvalue weighted by Crippen LogP contribution is -2.37. The Bertz CT molecular complexity index is 2950. The molecular formula is C50H48N2S2Si2. The van der Waals surface area contributed by atoms with Crippen LogP contribution >= 0.6 is 22.7 Å². The Morgan fingerprint density at radius 1 is 0.429 bits per heavy atom. The molecule has 0 radical (unpaired) electrons. The van der Waals surface area contributed by atoms with Crippen LogP contribution in [0.3, 0.4) is 0 Å². The first-order valence-electron chi connectivity index (χ1n) is 19.6. The first-order valence-corrected chi connectivity index (χ1v) is 28.3. The molecule has 0 aliphatic rings. The van der Waals surface area contributed by atoms with Crippen molar-refractivity contribution in [2.45, 2.75) is 65.5 Å². The molecule has 0 aliphatic carbocycles. The standard InChI is InChI=1S/C50H48N2S2Si2/c1-50(2,3)35-22-25-40-41(28-35)47(32-16-20-34(21-17-32)49-52-43-27-24-37(56(7,8)9)30-45(43)54-49)39-13-11-10-12-38(39)46(40)31-14-18-33(19-15-31)48-51-42-26-23-36(55(4,5)6)29-44(42)53-48/h10-30H,1-9H3. The third-order valence-corrected chi connectivity index (χ3v) is 17.5. The predicted octanol–water partition coefficient (Wildman–Crippen LogP) is 14.3. The second kappa shape index (κ2) is 13.4. The molecule has 9 aromatic rings. The highest BCUT2D eigenvalue weighted by molar-refractivity contribution is 7.22. The van der Waals surface area contributed by atoms with Gasteiger partial charge in [-0.15, -0.1) is 22.7 Å². The molecule has 0 fully saturated rings. The van der Waals surface area contributed by atoms with Crippen molar-refractivity contribution in [3.8, 4) is 43.4 Å². The molecule has 0 unspecified atom stereocenters. The van der Waals surface area contributed by atoms with E-state index in [0.717, 1.165) is 32.2 Å². The zero-order valence-corrected chi connectivity index (χ0v) is 37.5. The SMILES string of the molecule is CC(C)(C)c1ccc2c(-c3ccc(-c4nc5ccc([Si](C)(C)C)cc5s4)cc3)c3ccccc3c(-c3ccc(-c4nc5ccc([Si](C)(C)C)cc5s4)cc3)c2c1. The van der Waals surface area contributed by atoms with Gasteiger partial charge in [-0.1, -0.05) is 167 Å². The van der Waals surface area contributed by atoms with Gasteiger partial charge in [0.15, 0.2) is 0 Å². The second-order valence-electron chi connectivity index (χ2n) is 18.4. The highest BCUT2D eigenvalue weighted by atomic mass is 32.1. The second-order valence-corrected chi connectivity index (χ2v) is 30.6. The zero-order chi connectivity index (χ0) is 39.1.